The van der Waals surface area contributed by atoms with Crippen molar-refractivity contribution in [2.45, 2.75) is 37.8 Å². The van der Waals surface area contributed by atoms with Crippen LogP contribution in [0.15, 0.2) is 16.8 Å². The molecular formula is C10H15NOS. The number of hydrogen-bond acceptors (Lipinski definition) is 3. The van der Waals surface area contributed by atoms with Gasteiger partial charge in [-0.1, -0.05) is 12.8 Å². The van der Waals surface area contributed by atoms with E-state index in [0.29, 0.717) is 0 Å². The molecule has 72 valence electrons. The third-order valence-corrected chi connectivity index (χ3v) is 3.29. The topological polar surface area (TPSA) is 32.3 Å². The number of rotatable bonds is 2. The van der Waals surface area contributed by atoms with Crippen LogP contribution in [0.4, 0.5) is 5.69 Å². The highest BCUT2D eigenvalue weighted by Crippen LogP contribution is 2.23. The first-order valence-corrected chi connectivity index (χ1v) is 5.77. The summed E-state index contributed by atoms with van der Waals surface area (Å²) in [6, 6.07) is 2.33. The molecule has 1 aromatic heterocycles. The Bertz CT molecular complexity index is 247. The van der Waals surface area contributed by atoms with Crippen molar-refractivity contribution in [1.82, 2.24) is 0 Å². The molecule has 1 heterocycles. The summed E-state index contributed by atoms with van der Waals surface area (Å²) in [5, 5.41) is 17.2. The number of anilines is 1. The number of hydrogen-bond donors (Lipinski definition) is 2. The predicted octanol–water partition coefficient (Wildman–Crippen LogP) is 2.46. The van der Waals surface area contributed by atoms with Crippen LogP contribution in [0.3, 0.4) is 0 Å². The Morgan fingerprint density at radius 3 is 2.92 bits per heavy atom. The zero-order chi connectivity index (χ0) is 9.10. The fourth-order valence-electron chi connectivity index (χ4n) is 1.84. The lowest BCUT2D eigenvalue weighted by atomic mass is 9.92. The zero-order valence-electron chi connectivity index (χ0n) is 7.57. The quantitative estimate of drug-likeness (QED) is 0.763. The molecule has 0 bridgehead atoms. The molecule has 3 heteroatoms. The Morgan fingerprint density at radius 2 is 2.23 bits per heavy atom. The van der Waals surface area contributed by atoms with Crippen LogP contribution in [0.5, 0.6) is 0 Å². The summed E-state index contributed by atoms with van der Waals surface area (Å²) in [7, 11) is 0. The molecule has 1 fully saturated rings. The predicted molar refractivity (Wildman–Crippen MR) is 56.2 cm³/mol. The highest BCUT2D eigenvalue weighted by molar-refractivity contribution is 7.08. The van der Waals surface area contributed by atoms with Gasteiger partial charge in [0.2, 0.25) is 0 Å². The Labute approximate surface area is 82.6 Å². The minimum Gasteiger partial charge on any atom is -0.391 e. The molecule has 0 saturated heterocycles. The molecule has 1 aliphatic rings. The maximum atomic E-state index is 9.71. The maximum absolute atomic E-state index is 9.71. The van der Waals surface area contributed by atoms with Gasteiger partial charge in [-0.15, -0.1) is 0 Å². The molecule has 0 unspecified atom stereocenters. The lowest BCUT2D eigenvalue weighted by Gasteiger charge is -2.28. The maximum Gasteiger partial charge on any atom is 0.0741 e. The summed E-state index contributed by atoms with van der Waals surface area (Å²) < 4.78 is 0. The van der Waals surface area contributed by atoms with Gasteiger partial charge in [0.25, 0.3) is 0 Å². The van der Waals surface area contributed by atoms with Crippen molar-refractivity contribution in [3.63, 3.8) is 0 Å². The molecule has 1 aliphatic carbocycles. The van der Waals surface area contributed by atoms with E-state index in [0.717, 1.165) is 18.5 Å². The second-order valence-electron chi connectivity index (χ2n) is 3.61. The number of aliphatic hydroxyl groups is 1. The third-order valence-electron chi connectivity index (χ3n) is 2.60. The number of aliphatic hydroxyl groups excluding tert-OH is 1. The van der Waals surface area contributed by atoms with Gasteiger partial charge in [-0.3, -0.25) is 0 Å². The van der Waals surface area contributed by atoms with Gasteiger partial charge in [0.15, 0.2) is 0 Å². The zero-order valence-corrected chi connectivity index (χ0v) is 8.39. The molecule has 0 radical (unpaired) electrons. The van der Waals surface area contributed by atoms with Gasteiger partial charge in [0.05, 0.1) is 12.1 Å². The van der Waals surface area contributed by atoms with Crippen molar-refractivity contribution in [2.75, 3.05) is 5.32 Å². The lowest BCUT2D eigenvalue weighted by Crippen LogP contribution is -2.36. The van der Waals surface area contributed by atoms with Gasteiger partial charge in [-0.2, -0.15) is 11.3 Å². The van der Waals surface area contributed by atoms with E-state index in [1.807, 2.05) is 0 Å². The third kappa shape index (κ3) is 2.23. The highest BCUT2D eigenvalue weighted by atomic mass is 32.1. The first kappa shape index (κ1) is 9.03. The molecule has 2 rings (SSSR count). The molecule has 0 spiro atoms. The van der Waals surface area contributed by atoms with Gasteiger partial charge >= 0.3 is 0 Å². The van der Waals surface area contributed by atoms with E-state index in [1.54, 1.807) is 11.3 Å². The average molecular weight is 197 g/mol. The van der Waals surface area contributed by atoms with Gasteiger partial charge in [0, 0.05) is 11.1 Å². The van der Waals surface area contributed by atoms with Crippen molar-refractivity contribution in [1.29, 1.82) is 0 Å². The first-order valence-electron chi connectivity index (χ1n) is 4.83. The summed E-state index contributed by atoms with van der Waals surface area (Å²) in [4.78, 5) is 0. The van der Waals surface area contributed by atoms with Crippen LogP contribution in [0.2, 0.25) is 0 Å². The SMILES string of the molecule is O[C@@H]1CCCC[C@H]1Nc1ccsc1. The largest absolute Gasteiger partial charge is 0.391 e. The van der Waals surface area contributed by atoms with Crippen molar-refractivity contribution in [3.8, 4) is 0 Å². The Hall–Kier alpha value is -0.540. The summed E-state index contributed by atoms with van der Waals surface area (Å²) in [5.41, 5.74) is 1.15. The van der Waals surface area contributed by atoms with E-state index in [1.165, 1.54) is 12.8 Å². The van der Waals surface area contributed by atoms with E-state index >= 15 is 0 Å². The standard InChI is InChI=1S/C10H15NOS/c12-10-4-2-1-3-9(10)11-8-5-6-13-7-8/h5-7,9-12H,1-4H2/t9-,10-/m1/s1. The van der Waals surface area contributed by atoms with Crippen LogP contribution in [-0.4, -0.2) is 17.3 Å². The van der Waals surface area contributed by atoms with Crippen LogP contribution in [0.25, 0.3) is 0 Å². The van der Waals surface area contributed by atoms with E-state index in [2.05, 4.69) is 22.1 Å². The van der Waals surface area contributed by atoms with Crippen molar-refractivity contribution in [3.05, 3.63) is 16.8 Å². The highest BCUT2D eigenvalue weighted by Gasteiger charge is 2.22. The van der Waals surface area contributed by atoms with Crippen molar-refractivity contribution < 1.29 is 5.11 Å². The van der Waals surface area contributed by atoms with Crippen LogP contribution in [0.1, 0.15) is 25.7 Å². The van der Waals surface area contributed by atoms with E-state index in [-0.39, 0.29) is 12.1 Å². The van der Waals surface area contributed by atoms with E-state index < -0.39 is 0 Å². The number of nitrogens with one attached hydrogen (secondary N) is 1. The Kier molecular flexibility index (Phi) is 2.86. The second-order valence-corrected chi connectivity index (χ2v) is 4.39. The molecule has 2 nitrogen and oxygen atoms in total. The molecule has 0 aromatic carbocycles. The molecule has 2 N–H and O–H groups in total. The molecule has 13 heavy (non-hydrogen) atoms. The normalized spacial score (nSPS) is 28.7. The molecule has 1 aromatic rings. The number of thiophene rings is 1. The molecule has 0 amide bonds. The van der Waals surface area contributed by atoms with Gasteiger partial charge in [-0.25, -0.2) is 0 Å². The van der Waals surface area contributed by atoms with Gasteiger partial charge in [0.1, 0.15) is 0 Å². The fraction of sp³-hybridized carbons (Fsp3) is 0.600. The monoisotopic (exact) mass is 197 g/mol. The van der Waals surface area contributed by atoms with Gasteiger partial charge in [-0.05, 0) is 24.3 Å². The smallest absolute Gasteiger partial charge is 0.0741 e. The van der Waals surface area contributed by atoms with Crippen LogP contribution >= 0.6 is 11.3 Å². The Balaban J connectivity index is 1.93. The van der Waals surface area contributed by atoms with Crippen molar-refractivity contribution in [2.24, 2.45) is 0 Å². The molecule has 0 aliphatic heterocycles. The second kappa shape index (κ2) is 4.11. The van der Waals surface area contributed by atoms with Crippen molar-refractivity contribution >= 4 is 17.0 Å². The van der Waals surface area contributed by atoms with E-state index in [9.17, 15) is 5.11 Å². The summed E-state index contributed by atoms with van der Waals surface area (Å²) >= 11 is 1.69. The molecule has 1 saturated carbocycles. The lowest BCUT2D eigenvalue weighted by molar-refractivity contribution is 0.116. The minimum atomic E-state index is -0.159. The molecular weight excluding hydrogens is 182 g/mol. The molecule has 2 atom stereocenters. The van der Waals surface area contributed by atoms with E-state index in [4.69, 9.17) is 0 Å². The van der Waals surface area contributed by atoms with Crippen LogP contribution in [-0.2, 0) is 0 Å². The van der Waals surface area contributed by atoms with Crippen LogP contribution < -0.4 is 5.32 Å². The Morgan fingerprint density at radius 1 is 1.38 bits per heavy atom. The van der Waals surface area contributed by atoms with Crippen LogP contribution in [0, 0.1) is 0 Å². The summed E-state index contributed by atoms with van der Waals surface area (Å²) in [6.07, 6.45) is 4.29. The fourth-order valence-corrected chi connectivity index (χ4v) is 2.44. The minimum absolute atomic E-state index is 0.159. The summed E-state index contributed by atoms with van der Waals surface area (Å²) in [5.74, 6) is 0. The average Bonchev–Trinajstić information content (AvgIpc) is 2.61. The first-order chi connectivity index (χ1) is 6.36. The van der Waals surface area contributed by atoms with Gasteiger partial charge < -0.3 is 10.4 Å². The summed E-state index contributed by atoms with van der Waals surface area (Å²) in [6.45, 7) is 0.